The standard InChI is InChI=1S/C15H20N2O4/c1-10(11-5-3-2-4-6-11)16-15(19)13-9-12(18)7-8-14(13)17(20)21/h7-11,18H,2-6H2,1H3,(H,16,19). The highest BCUT2D eigenvalue weighted by Crippen LogP contribution is 2.27. The number of nitrogens with one attached hydrogen (secondary N) is 1. The maximum Gasteiger partial charge on any atom is 0.282 e. The number of phenols is 1. The highest BCUT2D eigenvalue weighted by Gasteiger charge is 2.25. The maximum atomic E-state index is 12.2. The van der Waals surface area contributed by atoms with Crippen LogP contribution >= 0.6 is 0 Å². The molecule has 1 aromatic rings. The first-order valence-electron chi connectivity index (χ1n) is 7.27. The zero-order valence-electron chi connectivity index (χ0n) is 12.0. The van der Waals surface area contributed by atoms with Crippen molar-refractivity contribution in [2.24, 2.45) is 5.92 Å². The Hall–Kier alpha value is -2.11. The number of amides is 1. The van der Waals surface area contributed by atoms with Crippen LogP contribution in [0.2, 0.25) is 0 Å². The number of aromatic hydroxyl groups is 1. The SMILES string of the molecule is CC(NC(=O)c1cc(O)ccc1[N+](=O)[O-])C1CCCCC1. The van der Waals surface area contributed by atoms with Gasteiger partial charge in [0.1, 0.15) is 11.3 Å². The molecule has 2 N–H and O–H groups in total. The van der Waals surface area contributed by atoms with Crippen LogP contribution in [0, 0.1) is 16.0 Å². The Morgan fingerprint density at radius 3 is 2.67 bits per heavy atom. The first-order chi connectivity index (χ1) is 9.99. The summed E-state index contributed by atoms with van der Waals surface area (Å²) in [6, 6.07) is 3.47. The van der Waals surface area contributed by atoms with Gasteiger partial charge >= 0.3 is 0 Å². The predicted octanol–water partition coefficient (Wildman–Crippen LogP) is 3.00. The third kappa shape index (κ3) is 3.71. The molecule has 1 atom stereocenters. The molecule has 1 aliphatic carbocycles. The van der Waals surface area contributed by atoms with Gasteiger partial charge in [-0.25, -0.2) is 0 Å². The number of nitrogens with zero attached hydrogens (tertiary/aromatic N) is 1. The summed E-state index contributed by atoms with van der Waals surface area (Å²) in [5.41, 5.74) is -0.385. The van der Waals surface area contributed by atoms with Crippen LogP contribution in [0.3, 0.4) is 0 Å². The van der Waals surface area contributed by atoms with Crippen LogP contribution in [-0.4, -0.2) is 22.0 Å². The van der Waals surface area contributed by atoms with Crippen molar-refractivity contribution in [2.45, 2.75) is 45.1 Å². The van der Waals surface area contributed by atoms with Crippen LogP contribution in [0.25, 0.3) is 0 Å². The molecule has 1 aliphatic rings. The fourth-order valence-corrected chi connectivity index (χ4v) is 2.90. The second kappa shape index (κ2) is 6.56. The first-order valence-corrected chi connectivity index (χ1v) is 7.27. The molecule has 1 amide bonds. The van der Waals surface area contributed by atoms with Gasteiger partial charge in [0.25, 0.3) is 11.6 Å². The Labute approximate surface area is 123 Å². The van der Waals surface area contributed by atoms with Crippen LogP contribution in [0.15, 0.2) is 18.2 Å². The number of nitro benzene ring substituents is 1. The molecule has 1 unspecified atom stereocenters. The van der Waals surface area contributed by atoms with Crippen LogP contribution < -0.4 is 5.32 Å². The van der Waals surface area contributed by atoms with E-state index in [2.05, 4.69) is 5.32 Å². The van der Waals surface area contributed by atoms with E-state index in [-0.39, 0.29) is 23.0 Å². The molecule has 0 radical (unpaired) electrons. The molecule has 6 heteroatoms. The smallest absolute Gasteiger partial charge is 0.282 e. The van der Waals surface area contributed by atoms with E-state index in [1.807, 2.05) is 6.92 Å². The second-order valence-corrected chi connectivity index (χ2v) is 5.62. The van der Waals surface area contributed by atoms with Crippen molar-refractivity contribution < 1.29 is 14.8 Å². The Morgan fingerprint density at radius 1 is 1.38 bits per heavy atom. The molecule has 1 aromatic carbocycles. The highest BCUT2D eigenvalue weighted by atomic mass is 16.6. The number of hydrogen-bond acceptors (Lipinski definition) is 4. The zero-order chi connectivity index (χ0) is 15.4. The van der Waals surface area contributed by atoms with Gasteiger partial charge in [-0.1, -0.05) is 19.3 Å². The van der Waals surface area contributed by atoms with Crippen LogP contribution in [-0.2, 0) is 0 Å². The largest absolute Gasteiger partial charge is 0.508 e. The van der Waals surface area contributed by atoms with Gasteiger partial charge in [-0.3, -0.25) is 14.9 Å². The van der Waals surface area contributed by atoms with E-state index in [0.717, 1.165) is 37.8 Å². The summed E-state index contributed by atoms with van der Waals surface area (Å²) >= 11 is 0. The van der Waals surface area contributed by atoms with E-state index in [4.69, 9.17) is 0 Å². The van der Waals surface area contributed by atoms with Gasteiger partial charge < -0.3 is 10.4 Å². The third-order valence-corrected chi connectivity index (χ3v) is 4.14. The fourth-order valence-electron chi connectivity index (χ4n) is 2.90. The van der Waals surface area contributed by atoms with E-state index in [9.17, 15) is 20.0 Å². The number of rotatable bonds is 4. The fraction of sp³-hybridized carbons (Fsp3) is 0.533. The lowest BCUT2D eigenvalue weighted by molar-refractivity contribution is -0.385. The second-order valence-electron chi connectivity index (χ2n) is 5.62. The van der Waals surface area contributed by atoms with Crippen molar-refractivity contribution in [1.29, 1.82) is 0 Å². The summed E-state index contributed by atoms with van der Waals surface area (Å²) in [5, 5.41) is 23.3. The number of benzene rings is 1. The van der Waals surface area contributed by atoms with E-state index in [0.29, 0.717) is 5.92 Å². The van der Waals surface area contributed by atoms with Gasteiger partial charge in [0.05, 0.1) is 4.92 Å². The van der Waals surface area contributed by atoms with Crippen LogP contribution in [0.5, 0.6) is 5.75 Å². The Balaban J connectivity index is 2.12. The molecule has 1 fully saturated rings. The summed E-state index contributed by atoms with van der Waals surface area (Å²) in [6.07, 6.45) is 5.71. The van der Waals surface area contributed by atoms with Crippen molar-refractivity contribution in [2.75, 3.05) is 0 Å². The van der Waals surface area contributed by atoms with Crippen molar-refractivity contribution in [1.82, 2.24) is 5.32 Å². The summed E-state index contributed by atoms with van der Waals surface area (Å²) in [7, 11) is 0. The lowest BCUT2D eigenvalue weighted by Gasteiger charge is -2.28. The summed E-state index contributed by atoms with van der Waals surface area (Å²) in [4.78, 5) is 22.6. The molecule has 21 heavy (non-hydrogen) atoms. The molecule has 0 heterocycles. The molecule has 114 valence electrons. The number of carbonyl (C=O) groups is 1. The van der Waals surface area contributed by atoms with Gasteiger partial charge in [0.15, 0.2) is 0 Å². The first kappa shape index (κ1) is 15.3. The van der Waals surface area contributed by atoms with Crippen molar-refractivity contribution in [3.8, 4) is 5.75 Å². The molecule has 0 spiro atoms. The van der Waals surface area contributed by atoms with Crippen LogP contribution in [0.4, 0.5) is 5.69 Å². The molecule has 0 bridgehead atoms. The molecular formula is C15H20N2O4. The molecule has 1 saturated carbocycles. The van der Waals surface area contributed by atoms with E-state index < -0.39 is 10.8 Å². The minimum atomic E-state index is -0.611. The molecule has 0 aliphatic heterocycles. The highest BCUT2D eigenvalue weighted by molar-refractivity contribution is 5.98. The minimum absolute atomic E-state index is 0.0280. The van der Waals surface area contributed by atoms with Crippen molar-refractivity contribution in [3.05, 3.63) is 33.9 Å². The minimum Gasteiger partial charge on any atom is -0.508 e. The number of nitro groups is 1. The lowest BCUT2D eigenvalue weighted by atomic mass is 9.84. The Kier molecular flexibility index (Phi) is 4.77. The van der Waals surface area contributed by atoms with Crippen molar-refractivity contribution >= 4 is 11.6 Å². The van der Waals surface area contributed by atoms with Gasteiger partial charge in [-0.15, -0.1) is 0 Å². The summed E-state index contributed by atoms with van der Waals surface area (Å²) in [6.45, 7) is 1.93. The van der Waals surface area contributed by atoms with Gasteiger partial charge in [0, 0.05) is 12.1 Å². The van der Waals surface area contributed by atoms with E-state index in [1.54, 1.807) is 0 Å². The Bertz CT molecular complexity index is 538. The normalized spacial score (nSPS) is 17.2. The van der Waals surface area contributed by atoms with Crippen LogP contribution in [0.1, 0.15) is 49.4 Å². The molecular weight excluding hydrogens is 272 g/mol. The number of carbonyl (C=O) groups excluding carboxylic acids is 1. The summed E-state index contributed by atoms with van der Waals surface area (Å²) in [5.74, 6) is -0.245. The average Bonchev–Trinajstić information content (AvgIpc) is 2.47. The monoisotopic (exact) mass is 292 g/mol. The maximum absolute atomic E-state index is 12.2. The predicted molar refractivity (Wildman–Crippen MR) is 78.3 cm³/mol. The van der Waals surface area contributed by atoms with E-state index >= 15 is 0 Å². The van der Waals surface area contributed by atoms with E-state index in [1.165, 1.54) is 12.5 Å². The summed E-state index contributed by atoms with van der Waals surface area (Å²) < 4.78 is 0. The average molecular weight is 292 g/mol. The topological polar surface area (TPSA) is 92.5 Å². The quantitative estimate of drug-likeness (QED) is 0.659. The molecule has 2 rings (SSSR count). The Morgan fingerprint density at radius 2 is 2.05 bits per heavy atom. The number of hydrogen-bond donors (Lipinski definition) is 2. The molecule has 0 saturated heterocycles. The van der Waals surface area contributed by atoms with Gasteiger partial charge in [-0.2, -0.15) is 0 Å². The zero-order valence-corrected chi connectivity index (χ0v) is 12.0. The molecule has 0 aromatic heterocycles. The van der Waals surface area contributed by atoms with Crippen molar-refractivity contribution in [3.63, 3.8) is 0 Å². The van der Waals surface area contributed by atoms with Gasteiger partial charge in [0.2, 0.25) is 0 Å². The lowest BCUT2D eigenvalue weighted by Crippen LogP contribution is -2.39. The van der Waals surface area contributed by atoms with Gasteiger partial charge in [-0.05, 0) is 37.8 Å². The third-order valence-electron chi connectivity index (χ3n) is 4.14. The molecule has 6 nitrogen and oxygen atoms in total. The number of phenolic OH excluding ortho intramolecular Hbond substituents is 1.